The van der Waals surface area contributed by atoms with E-state index in [1.165, 1.54) is 0 Å². The maximum atomic E-state index is 0. The Morgan fingerprint density at radius 3 is 0.500 bits per heavy atom. The van der Waals surface area contributed by atoms with Crippen molar-refractivity contribution in [2.24, 2.45) is 0 Å². The minimum Gasteiger partial charge on any atom is 0 e. The van der Waals surface area contributed by atoms with E-state index in [4.69, 9.17) is 0 Å². The summed E-state index contributed by atoms with van der Waals surface area (Å²) in [6.45, 7) is 0. The Morgan fingerprint density at radius 1 is 0.500 bits per heavy atom. The third-order valence-corrected chi connectivity index (χ3v) is 0. The van der Waals surface area contributed by atoms with Crippen molar-refractivity contribution in [3.8, 4) is 0 Å². The molecule has 0 aromatic heterocycles. The van der Waals surface area contributed by atoms with Crippen LogP contribution in [-0.2, 0) is 17.4 Å². The van der Waals surface area contributed by atoms with Crippen LogP contribution >= 0.6 is 0 Å². The molecule has 0 heterocycles. The van der Waals surface area contributed by atoms with Crippen molar-refractivity contribution in [1.82, 2.24) is 0 Å². The molecule has 0 saturated carbocycles. The van der Waals surface area contributed by atoms with E-state index in [0.29, 0.717) is 0 Å². The van der Waals surface area contributed by atoms with E-state index in [9.17, 15) is 0 Å². The molecule has 0 fully saturated rings. The summed E-state index contributed by atoms with van der Waals surface area (Å²) >= 11 is 0. The summed E-state index contributed by atoms with van der Waals surface area (Å²) in [5, 5.41) is 0. The van der Waals surface area contributed by atoms with Crippen LogP contribution in [0.3, 0.4) is 0 Å². The van der Waals surface area contributed by atoms with Crippen molar-refractivity contribution in [3.05, 3.63) is 0 Å². The van der Waals surface area contributed by atoms with Crippen molar-refractivity contribution >= 4 is 52.1 Å². The fourth-order valence-corrected chi connectivity index (χ4v) is 0. The van der Waals surface area contributed by atoms with Gasteiger partial charge in [-0.25, -0.2) is 0 Å². The van der Waals surface area contributed by atoms with Crippen LogP contribution in [0.15, 0.2) is 0 Å². The molecule has 0 spiro atoms. The second kappa shape index (κ2) is 19.3. The molecule has 0 aromatic rings. The van der Waals surface area contributed by atoms with Crippen LogP contribution in [0, 0.1) is 0 Å². The average molecular weight is 142 g/mol. The molecule has 0 saturated heterocycles. The molecule has 0 N–H and O–H groups in total. The van der Waals surface area contributed by atoms with Crippen molar-refractivity contribution in [2.75, 3.05) is 0 Å². The van der Waals surface area contributed by atoms with Gasteiger partial charge in [-0.05, 0) is 0 Å². The summed E-state index contributed by atoms with van der Waals surface area (Å²) in [7, 11) is 0. The normalized spacial score (nSPS) is 0. The van der Waals surface area contributed by atoms with Gasteiger partial charge in [0, 0.05) is 17.4 Å². The summed E-state index contributed by atoms with van der Waals surface area (Å²) in [6.07, 6.45) is 0. The largest absolute Gasteiger partial charge is 0.187 e. The molecule has 0 atom stereocenters. The molecule has 0 radical (unpaired) electrons. The van der Waals surface area contributed by atoms with E-state index in [2.05, 4.69) is 0 Å². The second-order valence-electron chi connectivity index (χ2n) is 0. The first-order valence-corrected chi connectivity index (χ1v) is 0. The fraction of sp³-hybridized carbons (Fsp3) is 0. The average Bonchev–Trinajstić information content (AvgIpc) is 0. The van der Waals surface area contributed by atoms with E-state index in [1.54, 1.807) is 0 Å². The van der Waals surface area contributed by atoms with E-state index >= 15 is 0 Å². The van der Waals surface area contributed by atoms with Crippen molar-refractivity contribution in [1.29, 1.82) is 0 Å². The van der Waals surface area contributed by atoms with Gasteiger partial charge in [0.1, 0.15) is 0 Å². The summed E-state index contributed by atoms with van der Waals surface area (Å²) in [4.78, 5) is 0. The van der Waals surface area contributed by atoms with Crippen molar-refractivity contribution < 1.29 is 17.4 Å². The summed E-state index contributed by atoms with van der Waals surface area (Å²) in [5.41, 5.74) is 0. The van der Waals surface area contributed by atoms with Gasteiger partial charge in [-0.2, -0.15) is 0 Å². The van der Waals surface area contributed by atoms with Gasteiger partial charge in [-0.3, -0.25) is 0 Å². The summed E-state index contributed by atoms with van der Waals surface area (Å²) in [6, 6.07) is 0. The predicted octanol–water partition coefficient (Wildman–Crippen LogP) is -3.55. The summed E-state index contributed by atoms with van der Waals surface area (Å²) < 4.78 is 0. The second-order valence-corrected chi connectivity index (χ2v) is 0. The molecule has 0 aliphatic rings. The van der Waals surface area contributed by atoms with Gasteiger partial charge < -0.3 is 0 Å². The van der Waals surface area contributed by atoms with E-state index in [-0.39, 0.29) is 69.4 Å². The molecule has 4 heavy (non-hydrogen) atoms. The first-order valence-electron chi connectivity index (χ1n) is 0. The number of rotatable bonds is 0. The SMILES string of the molecule is [AlH3].[AlH3].[AlH3].[Cr]. The van der Waals surface area contributed by atoms with E-state index < -0.39 is 0 Å². The zero-order valence-corrected chi connectivity index (χ0v) is 1.68. The molecule has 24 valence electrons. The van der Waals surface area contributed by atoms with E-state index in [1.807, 2.05) is 0 Å². The molecule has 0 aliphatic carbocycles. The van der Waals surface area contributed by atoms with Crippen LogP contribution in [0.4, 0.5) is 0 Å². The molecule has 4 heteroatoms. The Kier molecular flexibility index (Phi) is 171. The van der Waals surface area contributed by atoms with Gasteiger partial charge in [0.05, 0.1) is 0 Å². The van der Waals surface area contributed by atoms with Crippen LogP contribution in [0.25, 0.3) is 0 Å². The molecule has 0 aromatic carbocycles. The maximum Gasteiger partial charge on any atom is 0.187 e. The van der Waals surface area contributed by atoms with Crippen molar-refractivity contribution in [2.45, 2.75) is 0 Å². The molecule has 0 amide bonds. The van der Waals surface area contributed by atoms with Crippen molar-refractivity contribution in [3.63, 3.8) is 0 Å². The van der Waals surface area contributed by atoms with Gasteiger partial charge >= 0.3 is 0 Å². The Balaban J connectivity index is 0. The van der Waals surface area contributed by atoms with Crippen LogP contribution < -0.4 is 0 Å². The van der Waals surface area contributed by atoms with Gasteiger partial charge in [-0.15, -0.1) is 0 Å². The smallest absolute Gasteiger partial charge is 0 e. The monoisotopic (exact) mass is 142 g/mol. The third kappa shape index (κ3) is 8.92. The first kappa shape index (κ1) is 35.6. The van der Waals surface area contributed by atoms with Crippen LogP contribution in [0.1, 0.15) is 0 Å². The molecular weight excluding hydrogens is 133 g/mol. The molecule has 0 unspecified atom stereocenters. The molecule has 0 nitrogen and oxygen atoms in total. The van der Waals surface area contributed by atoms with Crippen LogP contribution in [0.5, 0.6) is 0 Å². The zero-order chi connectivity index (χ0) is 0. The Bertz CT molecular complexity index is 3.25. The fourth-order valence-electron chi connectivity index (χ4n) is 0. The quantitative estimate of drug-likeness (QED) is 0.307. The van der Waals surface area contributed by atoms with Gasteiger partial charge in [-0.1, -0.05) is 0 Å². The van der Waals surface area contributed by atoms with Gasteiger partial charge in [0.2, 0.25) is 0 Å². The Hall–Kier alpha value is 2.13. The molecule has 0 bridgehead atoms. The minimum absolute atomic E-state index is 0. The first-order chi connectivity index (χ1) is 0. The topological polar surface area (TPSA) is 0 Å². The third-order valence-electron chi connectivity index (χ3n) is 0. The molecule has 0 rings (SSSR count). The standard InChI is InChI=1S/3Al.Cr.9H. The maximum absolute atomic E-state index is 0. The van der Waals surface area contributed by atoms with Gasteiger partial charge in [0.15, 0.2) is 52.1 Å². The summed E-state index contributed by atoms with van der Waals surface area (Å²) in [5.74, 6) is 0. The molecular formula is H9Al3Cr. The van der Waals surface area contributed by atoms with Crippen LogP contribution in [0.2, 0.25) is 0 Å². The van der Waals surface area contributed by atoms with E-state index in [0.717, 1.165) is 0 Å². The number of hydrogen-bond donors (Lipinski definition) is 0. The van der Waals surface area contributed by atoms with Gasteiger partial charge in [0.25, 0.3) is 0 Å². The zero-order valence-electron chi connectivity index (χ0n) is 0.408. The molecule has 0 aliphatic heterocycles. The minimum atomic E-state index is 0. The Labute approximate surface area is 68.9 Å². The Morgan fingerprint density at radius 2 is 0.500 bits per heavy atom. The van der Waals surface area contributed by atoms with Crippen LogP contribution in [-0.4, -0.2) is 52.1 Å². The predicted molar refractivity (Wildman–Crippen MR) is 29.8 cm³/mol. The number of hydrogen-bond acceptors (Lipinski definition) is 0.